The molecule has 0 aromatic rings. The van der Waals surface area contributed by atoms with Gasteiger partial charge >= 0.3 is 0 Å². The summed E-state index contributed by atoms with van der Waals surface area (Å²) in [4.78, 5) is 15.0. The minimum Gasteiger partial charge on any atom is -0.392 e. The zero-order valence-corrected chi connectivity index (χ0v) is 16.9. The number of hydrogen-bond acceptors (Lipinski definition) is 5. The summed E-state index contributed by atoms with van der Waals surface area (Å²) in [7, 11) is -3.11. The molecule has 154 valence electrons. The van der Waals surface area contributed by atoms with Crippen LogP contribution in [-0.4, -0.2) is 77.8 Å². The number of carbonyl (C=O) groups excluding carboxylic acids is 1. The number of hydrogen-bond donors (Lipinski definition) is 2. The molecule has 2 heterocycles. The fourth-order valence-corrected chi connectivity index (χ4v) is 6.92. The van der Waals surface area contributed by atoms with Crippen molar-refractivity contribution in [2.24, 2.45) is 0 Å². The van der Waals surface area contributed by atoms with E-state index in [9.17, 15) is 18.3 Å². The zero-order chi connectivity index (χ0) is 19.0. The van der Waals surface area contributed by atoms with Gasteiger partial charge in [-0.3, -0.25) is 9.69 Å². The van der Waals surface area contributed by atoms with Crippen LogP contribution in [0.2, 0.25) is 0 Å². The van der Waals surface area contributed by atoms with Crippen LogP contribution in [0, 0.1) is 0 Å². The number of rotatable bonds is 5. The molecule has 0 spiro atoms. The fourth-order valence-electron chi connectivity index (χ4n) is 5.05. The Morgan fingerprint density at radius 1 is 0.963 bits per heavy atom. The lowest BCUT2D eigenvalue weighted by Crippen LogP contribution is -2.53. The van der Waals surface area contributed by atoms with Crippen molar-refractivity contribution < 1.29 is 18.3 Å². The van der Waals surface area contributed by atoms with Crippen LogP contribution in [0.5, 0.6) is 0 Å². The molecule has 0 aromatic carbocycles. The van der Waals surface area contributed by atoms with Crippen LogP contribution in [0.15, 0.2) is 0 Å². The molecule has 8 heteroatoms. The summed E-state index contributed by atoms with van der Waals surface area (Å²) in [5.41, 5.74) is 0. The van der Waals surface area contributed by atoms with E-state index in [2.05, 4.69) is 10.2 Å². The van der Waals surface area contributed by atoms with Gasteiger partial charge in [0.05, 0.1) is 17.4 Å². The Bertz CT molecular complexity index is 637. The third-order valence-electron chi connectivity index (χ3n) is 6.77. The summed E-state index contributed by atoms with van der Waals surface area (Å²) in [6, 6.07) is 0.171. The highest BCUT2D eigenvalue weighted by molar-refractivity contribution is 7.90. The highest BCUT2D eigenvalue weighted by Crippen LogP contribution is 2.34. The SMILES string of the molecule is O=C(NC1CCCCC1)C1CC(O)CN1C1CCN(S(=O)(=O)C2CC2)CC1. The Labute approximate surface area is 162 Å². The van der Waals surface area contributed by atoms with E-state index in [-0.39, 0.29) is 29.3 Å². The van der Waals surface area contributed by atoms with Gasteiger partial charge in [-0.15, -0.1) is 0 Å². The molecule has 2 N–H and O–H groups in total. The van der Waals surface area contributed by atoms with E-state index in [1.54, 1.807) is 4.31 Å². The Morgan fingerprint density at radius 2 is 1.63 bits per heavy atom. The Morgan fingerprint density at radius 3 is 2.26 bits per heavy atom. The van der Waals surface area contributed by atoms with Crippen molar-refractivity contribution in [3.05, 3.63) is 0 Å². The molecule has 7 nitrogen and oxygen atoms in total. The first-order valence-corrected chi connectivity index (χ1v) is 12.2. The largest absolute Gasteiger partial charge is 0.392 e. The first-order valence-electron chi connectivity index (χ1n) is 10.7. The number of sulfonamides is 1. The van der Waals surface area contributed by atoms with Crippen LogP contribution in [0.4, 0.5) is 0 Å². The van der Waals surface area contributed by atoms with Crippen molar-refractivity contribution in [2.75, 3.05) is 19.6 Å². The van der Waals surface area contributed by atoms with Gasteiger partial charge in [-0.25, -0.2) is 12.7 Å². The van der Waals surface area contributed by atoms with E-state index in [0.29, 0.717) is 26.1 Å². The van der Waals surface area contributed by atoms with Gasteiger partial charge in [0.1, 0.15) is 0 Å². The number of aliphatic hydroxyl groups is 1. The molecule has 1 amide bonds. The van der Waals surface area contributed by atoms with E-state index >= 15 is 0 Å². The van der Waals surface area contributed by atoms with E-state index in [0.717, 1.165) is 38.5 Å². The molecule has 2 saturated carbocycles. The van der Waals surface area contributed by atoms with Gasteiger partial charge in [0.15, 0.2) is 0 Å². The Kier molecular flexibility index (Phi) is 5.79. The first kappa shape index (κ1) is 19.6. The maximum absolute atomic E-state index is 12.9. The minimum atomic E-state index is -3.11. The minimum absolute atomic E-state index is 0.0477. The number of piperidine rings is 1. The molecule has 0 aromatic heterocycles. The van der Waals surface area contributed by atoms with Crippen LogP contribution in [0.1, 0.15) is 64.2 Å². The van der Waals surface area contributed by atoms with E-state index < -0.39 is 16.1 Å². The molecular weight excluding hydrogens is 366 g/mol. The molecule has 4 fully saturated rings. The second-order valence-electron chi connectivity index (χ2n) is 8.82. The van der Waals surface area contributed by atoms with Gasteiger partial charge in [0.2, 0.25) is 15.9 Å². The molecule has 2 aliphatic carbocycles. The average Bonchev–Trinajstić information content (AvgIpc) is 3.45. The maximum atomic E-state index is 12.9. The summed E-state index contributed by atoms with van der Waals surface area (Å²) >= 11 is 0. The average molecular weight is 400 g/mol. The van der Waals surface area contributed by atoms with Crippen LogP contribution >= 0.6 is 0 Å². The van der Waals surface area contributed by atoms with Gasteiger partial charge in [-0.05, 0) is 44.9 Å². The third kappa shape index (κ3) is 4.33. The van der Waals surface area contributed by atoms with Crippen molar-refractivity contribution in [1.29, 1.82) is 0 Å². The second-order valence-corrected chi connectivity index (χ2v) is 11.0. The van der Waals surface area contributed by atoms with E-state index in [1.807, 2.05) is 0 Å². The second kappa shape index (κ2) is 7.97. The van der Waals surface area contributed by atoms with E-state index in [1.165, 1.54) is 19.3 Å². The summed E-state index contributed by atoms with van der Waals surface area (Å²) in [6.07, 6.45) is 8.80. The van der Waals surface area contributed by atoms with Gasteiger partial charge in [0.25, 0.3) is 0 Å². The number of nitrogens with one attached hydrogen (secondary N) is 1. The number of carbonyl (C=O) groups is 1. The molecule has 0 radical (unpaired) electrons. The topological polar surface area (TPSA) is 89.9 Å². The summed E-state index contributed by atoms with van der Waals surface area (Å²) in [6.45, 7) is 1.59. The van der Waals surface area contributed by atoms with Crippen LogP contribution in [0.3, 0.4) is 0 Å². The van der Waals surface area contributed by atoms with Crippen molar-refractivity contribution >= 4 is 15.9 Å². The fraction of sp³-hybridized carbons (Fsp3) is 0.947. The lowest BCUT2D eigenvalue weighted by atomic mass is 9.95. The standard InChI is InChI=1S/C19H33N3O4S/c23-16-12-18(19(24)20-14-4-2-1-3-5-14)22(13-16)15-8-10-21(11-9-15)27(25,26)17-6-7-17/h14-18,23H,1-13H2,(H,20,24). The molecule has 2 aliphatic heterocycles. The molecule has 4 rings (SSSR count). The summed E-state index contributed by atoms with van der Waals surface area (Å²) < 4.78 is 26.5. The lowest BCUT2D eigenvalue weighted by Gasteiger charge is -2.38. The highest BCUT2D eigenvalue weighted by atomic mass is 32.2. The number of β-amino-alcohol motifs (C(OH)–C–C–N with tert-alkyl or cyclic N) is 1. The highest BCUT2D eigenvalue weighted by Gasteiger charge is 2.44. The van der Waals surface area contributed by atoms with Gasteiger partial charge in [-0.2, -0.15) is 0 Å². The predicted molar refractivity (Wildman–Crippen MR) is 103 cm³/mol. The Hall–Kier alpha value is -0.700. The van der Waals surface area contributed by atoms with Crippen molar-refractivity contribution in [2.45, 2.75) is 93.7 Å². The first-order chi connectivity index (χ1) is 12.9. The van der Waals surface area contributed by atoms with Gasteiger partial charge in [0, 0.05) is 31.7 Å². The molecule has 0 bridgehead atoms. The predicted octanol–water partition coefficient (Wildman–Crippen LogP) is 0.827. The number of nitrogens with zero attached hydrogens (tertiary/aromatic N) is 2. The van der Waals surface area contributed by atoms with Gasteiger partial charge in [-0.1, -0.05) is 19.3 Å². The Balaban J connectivity index is 1.34. The molecular formula is C19H33N3O4S. The summed E-state index contributed by atoms with van der Waals surface area (Å²) in [5, 5.41) is 13.2. The molecule has 2 unspecified atom stereocenters. The normalized spacial score (nSPS) is 32.6. The monoisotopic (exact) mass is 399 g/mol. The lowest BCUT2D eigenvalue weighted by molar-refractivity contribution is -0.127. The number of amides is 1. The van der Waals surface area contributed by atoms with Crippen LogP contribution in [0.25, 0.3) is 0 Å². The van der Waals surface area contributed by atoms with Crippen molar-refractivity contribution in [3.63, 3.8) is 0 Å². The quantitative estimate of drug-likeness (QED) is 0.715. The molecule has 4 aliphatic rings. The number of aliphatic hydroxyl groups excluding tert-OH is 1. The smallest absolute Gasteiger partial charge is 0.237 e. The van der Waals surface area contributed by atoms with Gasteiger partial charge < -0.3 is 10.4 Å². The van der Waals surface area contributed by atoms with E-state index in [4.69, 9.17) is 0 Å². The van der Waals surface area contributed by atoms with Crippen molar-refractivity contribution in [3.8, 4) is 0 Å². The third-order valence-corrected chi connectivity index (χ3v) is 9.17. The zero-order valence-electron chi connectivity index (χ0n) is 16.1. The van der Waals surface area contributed by atoms with Crippen LogP contribution in [-0.2, 0) is 14.8 Å². The molecule has 2 atom stereocenters. The molecule has 27 heavy (non-hydrogen) atoms. The molecule has 2 saturated heterocycles. The van der Waals surface area contributed by atoms with Crippen molar-refractivity contribution in [1.82, 2.24) is 14.5 Å². The summed E-state index contributed by atoms with van der Waals surface area (Å²) in [5.74, 6) is 0.0477. The maximum Gasteiger partial charge on any atom is 0.237 e. The number of likely N-dealkylation sites (tertiary alicyclic amines) is 1. The van der Waals surface area contributed by atoms with Crippen LogP contribution < -0.4 is 5.32 Å².